The van der Waals surface area contributed by atoms with E-state index in [2.05, 4.69) is 57.7 Å². The van der Waals surface area contributed by atoms with E-state index in [-0.39, 0.29) is 16.9 Å². The van der Waals surface area contributed by atoms with E-state index in [1.54, 1.807) is 0 Å². The molecule has 3 heteroatoms. The third-order valence-corrected chi connectivity index (χ3v) is 8.92. The molecule has 2 heterocycles. The van der Waals surface area contributed by atoms with Crippen LogP contribution in [0.3, 0.4) is 0 Å². The van der Waals surface area contributed by atoms with Crippen LogP contribution < -0.4 is 4.74 Å². The first-order valence-corrected chi connectivity index (χ1v) is 13.5. The van der Waals surface area contributed by atoms with Crippen molar-refractivity contribution in [2.75, 3.05) is 13.1 Å². The molecule has 1 saturated carbocycles. The lowest BCUT2D eigenvalue weighted by Crippen LogP contribution is -2.59. The summed E-state index contributed by atoms with van der Waals surface area (Å²) in [5, 5.41) is 12.3. The van der Waals surface area contributed by atoms with Crippen LogP contribution in [-0.4, -0.2) is 34.7 Å². The molecule has 0 radical (unpaired) electrons. The molecule has 3 nitrogen and oxygen atoms in total. The maximum absolute atomic E-state index is 12.3. The lowest BCUT2D eigenvalue weighted by atomic mass is 9.62. The Morgan fingerprint density at radius 3 is 2.53 bits per heavy atom. The zero-order valence-electron chi connectivity index (χ0n) is 21.4. The number of hydrogen-bond acceptors (Lipinski definition) is 3. The van der Waals surface area contributed by atoms with Crippen molar-refractivity contribution in [1.82, 2.24) is 4.90 Å². The van der Waals surface area contributed by atoms with Gasteiger partial charge in [-0.25, -0.2) is 0 Å². The van der Waals surface area contributed by atoms with Gasteiger partial charge in [-0.3, -0.25) is 0 Å². The number of unbranched alkanes of at least 4 members (excludes halogenated alkanes) is 3. The van der Waals surface area contributed by atoms with Gasteiger partial charge >= 0.3 is 0 Å². The zero-order valence-corrected chi connectivity index (χ0v) is 21.4. The fraction of sp³-hybridized carbons (Fsp3) is 0.793. The molecular formula is C29H47NO2. The summed E-state index contributed by atoms with van der Waals surface area (Å²) in [6.45, 7) is 13.8. The van der Waals surface area contributed by atoms with Crippen molar-refractivity contribution in [2.24, 2.45) is 5.92 Å². The molecule has 180 valence electrons. The summed E-state index contributed by atoms with van der Waals surface area (Å²) in [5.74, 6) is 1.07. The van der Waals surface area contributed by atoms with Crippen molar-refractivity contribution in [1.29, 1.82) is 0 Å². The normalized spacial score (nSPS) is 30.3. The van der Waals surface area contributed by atoms with Crippen molar-refractivity contribution in [2.45, 2.75) is 128 Å². The monoisotopic (exact) mass is 441 g/mol. The Bertz CT molecular complexity index is 779. The molecule has 3 unspecified atom stereocenters. The predicted octanol–water partition coefficient (Wildman–Crippen LogP) is 6.95. The lowest BCUT2D eigenvalue weighted by molar-refractivity contribution is -0.161. The van der Waals surface area contributed by atoms with Crippen molar-refractivity contribution in [3.05, 3.63) is 29.3 Å². The van der Waals surface area contributed by atoms with Crippen LogP contribution in [0.2, 0.25) is 0 Å². The van der Waals surface area contributed by atoms with Gasteiger partial charge in [0, 0.05) is 17.5 Å². The van der Waals surface area contributed by atoms with Crippen LogP contribution >= 0.6 is 0 Å². The van der Waals surface area contributed by atoms with E-state index >= 15 is 0 Å². The first-order valence-electron chi connectivity index (χ1n) is 13.5. The second-order valence-corrected chi connectivity index (χ2v) is 12.1. The molecular weight excluding hydrogens is 394 g/mol. The zero-order chi connectivity index (χ0) is 23.0. The molecule has 1 aliphatic carbocycles. The Balaban J connectivity index is 1.60. The molecule has 1 aromatic carbocycles. The fourth-order valence-electron chi connectivity index (χ4n) is 6.89. The number of likely N-dealkylation sites (tertiary alicyclic amines) is 1. The topological polar surface area (TPSA) is 32.7 Å². The van der Waals surface area contributed by atoms with E-state index < -0.39 is 5.60 Å². The summed E-state index contributed by atoms with van der Waals surface area (Å²) in [6.07, 6.45) is 13.4. The number of fused-ring (bicyclic) bond motifs is 3. The summed E-state index contributed by atoms with van der Waals surface area (Å²) in [6, 6.07) is 7.24. The fourth-order valence-corrected chi connectivity index (χ4v) is 6.89. The molecule has 0 spiro atoms. The molecule has 1 saturated heterocycles. The summed E-state index contributed by atoms with van der Waals surface area (Å²) < 4.78 is 6.64. The maximum atomic E-state index is 12.3. The van der Waals surface area contributed by atoms with Gasteiger partial charge in [0.15, 0.2) is 0 Å². The second-order valence-electron chi connectivity index (χ2n) is 12.1. The standard InChI is InChI=1S/C29H47NO2/c1-6-7-8-10-17-27(2,3)22-13-15-24-25(20-22)32-28(4,5)26-16-14-23(21-29(24,26)31)30-18-11-9-12-19-30/h13,15,20,23,26,31H,6-12,14,16-19,21H2,1-5H3. The Morgan fingerprint density at radius 2 is 1.81 bits per heavy atom. The molecule has 0 bridgehead atoms. The Labute approximate surface area is 196 Å². The third kappa shape index (κ3) is 4.62. The van der Waals surface area contributed by atoms with E-state index in [0.717, 1.165) is 24.2 Å². The number of piperidine rings is 1. The molecule has 3 aliphatic rings. The van der Waals surface area contributed by atoms with Gasteiger partial charge in [-0.2, -0.15) is 0 Å². The molecule has 1 aromatic rings. The van der Waals surface area contributed by atoms with Gasteiger partial charge in [0.2, 0.25) is 0 Å². The predicted molar refractivity (Wildman–Crippen MR) is 133 cm³/mol. The minimum atomic E-state index is -0.790. The van der Waals surface area contributed by atoms with Crippen LogP contribution in [0, 0.1) is 5.92 Å². The van der Waals surface area contributed by atoms with Gasteiger partial charge in [0.1, 0.15) is 17.0 Å². The minimum Gasteiger partial charge on any atom is -0.487 e. The molecule has 32 heavy (non-hydrogen) atoms. The number of nitrogens with zero attached hydrogens (tertiary/aromatic N) is 1. The summed E-state index contributed by atoms with van der Waals surface area (Å²) in [7, 11) is 0. The second kappa shape index (κ2) is 9.29. The van der Waals surface area contributed by atoms with E-state index in [9.17, 15) is 5.11 Å². The quantitative estimate of drug-likeness (QED) is 0.465. The average Bonchev–Trinajstić information content (AvgIpc) is 2.76. The molecule has 0 aromatic heterocycles. The van der Waals surface area contributed by atoms with Gasteiger partial charge in [-0.05, 0) is 82.5 Å². The molecule has 2 aliphatic heterocycles. The molecule has 2 fully saturated rings. The van der Waals surface area contributed by atoms with E-state index in [1.807, 2.05) is 0 Å². The number of ether oxygens (including phenoxy) is 1. The van der Waals surface area contributed by atoms with Gasteiger partial charge in [0.25, 0.3) is 0 Å². The Kier molecular flexibility index (Phi) is 6.99. The first-order chi connectivity index (χ1) is 15.2. The smallest absolute Gasteiger partial charge is 0.126 e. The number of benzene rings is 1. The van der Waals surface area contributed by atoms with Crippen molar-refractivity contribution in [3.8, 4) is 5.75 Å². The van der Waals surface area contributed by atoms with Crippen molar-refractivity contribution < 1.29 is 9.84 Å². The Morgan fingerprint density at radius 1 is 1.06 bits per heavy atom. The van der Waals surface area contributed by atoms with E-state index in [0.29, 0.717) is 6.04 Å². The van der Waals surface area contributed by atoms with Gasteiger partial charge in [-0.15, -0.1) is 0 Å². The lowest BCUT2D eigenvalue weighted by Gasteiger charge is -2.55. The highest BCUT2D eigenvalue weighted by molar-refractivity contribution is 5.47. The number of rotatable bonds is 7. The van der Waals surface area contributed by atoms with Crippen LogP contribution in [0.5, 0.6) is 5.75 Å². The number of hydrogen-bond donors (Lipinski definition) is 1. The largest absolute Gasteiger partial charge is 0.487 e. The van der Waals surface area contributed by atoms with E-state index in [1.165, 1.54) is 76.4 Å². The molecule has 4 rings (SSSR count). The molecule has 0 amide bonds. The van der Waals surface area contributed by atoms with Gasteiger partial charge in [0.05, 0.1) is 0 Å². The van der Waals surface area contributed by atoms with Crippen molar-refractivity contribution in [3.63, 3.8) is 0 Å². The Hall–Kier alpha value is -1.06. The van der Waals surface area contributed by atoms with Crippen LogP contribution in [0.15, 0.2) is 18.2 Å². The SMILES string of the molecule is CCCCCCC(C)(C)c1ccc2c(c1)OC(C)(C)C1CCC(N3CCCCC3)CC21O. The van der Waals surface area contributed by atoms with Crippen LogP contribution in [0.1, 0.15) is 116 Å². The summed E-state index contributed by atoms with van der Waals surface area (Å²) in [5.41, 5.74) is 1.36. The molecule has 3 atom stereocenters. The van der Waals surface area contributed by atoms with Crippen LogP contribution in [0.4, 0.5) is 0 Å². The third-order valence-electron chi connectivity index (χ3n) is 8.92. The highest BCUT2D eigenvalue weighted by Gasteiger charge is 2.56. The highest BCUT2D eigenvalue weighted by Crippen LogP contribution is 2.55. The van der Waals surface area contributed by atoms with Gasteiger partial charge in [-0.1, -0.05) is 65.0 Å². The number of aliphatic hydroxyl groups is 1. The minimum absolute atomic E-state index is 0.124. The van der Waals surface area contributed by atoms with Crippen LogP contribution in [0.25, 0.3) is 0 Å². The van der Waals surface area contributed by atoms with Crippen LogP contribution in [-0.2, 0) is 11.0 Å². The van der Waals surface area contributed by atoms with Gasteiger partial charge < -0.3 is 14.7 Å². The maximum Gasteiger partial charge on any atom is 0.126 e. The molecule has 1 N–H and O–H groups in total. The van der Waals surface area contributed by atoms with Crippen molar-refractivity contribution >= 4 is 0 Å². The summed E-state index contributed by atoms with van der Waals surface area (Å²) in [4.78, 5) is 2.66. The summed E-state index contributed by atoms with van der Waals surface area (Å²) >= 11 is 0. The van der Waals surface area contributed by atoms with E-state index in [4.69, 9.17) is 4.74 Å². The highest BCUT2D eigenvalue weighted by atomic mass is 16.5. The average molecular weight is 442 g/mol. The first kappa shape index (κ1) is 24.1.